The first-order chi connectivity index (χ1) is 7.66. The van der Waals surface area contributed by atoms with Gasteiger partial charge in [0.2, 0.25) is 0 Å². The summed E-state index contributed by atoms with van der Waals surface area (Å²) >= 11 is 5.90. The van der Waals surface area contributed by atoms with Crippen LogP contribution in [-0.4, -0.2) is 14.8 Å². The lowest BCUT2D eigenvalue weighted by Crippen LogP contribution is -2.04. The molecule has 2 rings (SSSR count). The smallest absolute Gasteiger partial charge is 0.169 e. The summed E-state index contributed by atoms with van der Waals surface area (Å²) in [7, 11) is 1.82. The van der Waals surface area contributed by atoms with Gasteiger partial charge in [0, 0.05) is 7.05 Å². The van der Waals surface area contributed by atoms with Crippen molar-refractivity contribution in [3.05, 3.63) is 35.4 Å². The van der Waals surface area contributed by atoms with E-state index < -0.39 is 0 Å². The van der Waals surface area contributed by atoms with Gasteiger partial charge in [-0.3, -0.25) is 4.68 Å². The second-order valence-corrected chi connectivity index (χ2v) is 3.80. The number of nitrogen functional groups attached to an aromatic ring is 1. The second kappa shape index (κ2) is 4.40. The first-order valence-electron chi connectivity index (χ1n) is 4.79. The molecule has 16 heavy (non-hydrogen) atoms. The fraction of sp³-hybridized carbons (Fsp3) is 0.200. The standard InChI is InChI=1S/C10H12ClN5/c1-16-6-14-9(15-16)5-13-8-4-2-3-7(11)10(8)12/h2-4,6,13H,5,12H2,1H3. The predicted molar refractivity (Wildman–Crippen MR) is 64.2 cm³/mol. The Bertz CT molecular complexity index is 494. The number of nitrogens with one attached hydrogen (secondary N) is 1. The van der Waals surface area contributed by atoms with Crippen LogP contribution in [0.15, 0.2) is 24.5 Å². The van der Waals surface area contributed by atoms with Gasteiger partial charge >= 0.3 is 0 Å². The van der Waals surface area contributed by atoms with Crippen LogP contribution in [0, 0.1) is 0 Å². The first kappa shape index (κ1) is 10.8. The fourth-order valence-electron chi connectivity index (χ4n) is 1.33. The molecule has 0 spiro atoms. The Morgan fingerprint density at radius 3 is 3.00 bits per heavy atom. The molecule has 5 nitrogen and oxygen atoms in total. The lowest BCUT2D eigenvalue weighted by Gasteiger charge is -2.08. The highest BCUT2D eigenvalue weighted by atomic mass is 35.5. The van der Waals surface area contributed by atoms with Crippen molar-refractivity contribution in [2.24, 2.45) is 7.05 Å². The summed E-state index contributed by atoms with van der Waals surface area (Å²) in [5.74, 6) is 0.710. The summed E-state index contributed by atoms with van der Waals surface area (Å²) in [4.78, 5) is 4.10. The zero-order valence-corrected chi connectivity index (χ0v) is 9.57. The Morgan fingerprint density at radius 2 is 2.31 bits per heavy atom. The molecule has 0 saturated heterocycles. The maximum absolute atomic E-state index is 5.90. The van der Waals surface area contributed by atoms with E-state index in [2.05, 4.69) is 15.4 Å². The molecule has 0 fully saturated rings. The SMILES string of the molecule is Cn1cnc(CNc2cccc(Cl)c2N)n1. The molecule has 0 saturated carbocycles. The average Bonchev–Trinajstić information content (AvgIpc) is 2.67. The normalized spacial score (nSPS) is 10.4. The van der Waals surface area contributed by atoms with Gasteiger partial charge in [0.1, 0.15) is 6.33 Å². The highest BCUT2D eigenvalue weighted by Crippen LogP contribution is 2.26. The Labute approximate surface area is 98.2 Å². The lowest BCUT2D eigenvalue weighted by atomic mass is 10.2. The molecule has 6 heteroatoms. The van der Waals surface area contributed by atoms with E-state index in [1.807, 2.05) is 19.2 Å². The van der Waals surface area contributed by atoms with Crippen molar-refractivity contribution < 1.29 is 0 Å². The van der Waals surface area contributed by atoms with Gasteiger partial charge in [0.05, 0.1) is 22.9 Å². The molecule has 1 aromatic heterocycles. The summed E-state index contributed by atoms with van der Waals surface area (Å²) in [5.41, 5.74) is 7.14. The minimum absolute atomic E-state index is 0.519. The van der Waals surface area contributed by atoms with Crippen molar-refractivity contribution in [1.82, 2.24) is 14.8 Å². The lowest BCUT2D eigenvalue weighted by molar-refractivity contribution is 0.747. The second-order valence-electron chi connectivity index (χ2n) is 3.39. The first-order valence-corrected chi connectivity index (χ1v) is 5.17. The summed E-state index contributed by atoms with van der Waals surface area (Å²) in [6.07, 6.45) is 1.65. The Hall–Kier alpha value is -1.75. The van der Waals surface area contributed by atoms with Gasteiger partial charge in [-0.1, -0.05) is 17.7 Å². The van der Waals surface area contributed by atoms with E-state index in [0.717, 1.165) is 5.69 Å². The molecule has 0 aliphatic heterocycles. The van der Waals surface area contributed by atoms with E-state index in [1.54, 1.807) is 17.1 Å². The van der Waals surface area contributed by atoms with E-state index in [1.165, 1.54) is 0 Å². The largest absolute Gasteiger partial charge is 0.396 e. The van der Waals surface area contributed by atoms with Crippen molar-refractivity contribution in [3.8, 4) is 0 Å². The molecule has 0 radical (unpaired) electrons. The number of anilines is 2. The van der Waals surface area contributed by atoms with E-state index in [0.29, 0.717) is 23.1 Å². The molecular weight excluding hydrogens is 226 g/mol. The summed E-state index contributed by atoms with van der Waals surface area (Å²) in [5, 5.41) is 7.82. The third kappa shape index (κ3) is 2.25. The minimum Gasteiger partial charge on any atom is -0.396 e. The third-order valence-electron chi connectivity index (χ3n) is 2.14. The van der Waals surface area contributed by atoms with Crippen LogP contribution >= 0.6 is 11.6 Å². The number of aromatic nitrogens is 3. The van der Waals surface area contributed by atoms with Crippen LogP contribution in [0.25, 0.3) is 0 Å². The van der Waals surface area contributed by atoms with Crippen LogP contribution in [0.3, 0.4) is 0 Å². The molecule has 2 aromatic rings. The van der Waals surface area contributed by atoms with Crippen molar-refractivity contribution >= 4 is 23.0 Å². The van der Waals surface area contributed by atoms with Crippen molar-refractivity contribution in [3.63, 3.8) is 0 Å². The van der Waals surface area contributed by atoms with E-state index >= 15 is 0 Å². The van der Waals surface area contributed by atoms with E-state index in [9.17, 15) is 0 Å². The molecule has 1 heterocycles. The molecule has 0 unspecified atom stereocenters. The third-order valence-corrected chi connectivity index (χ3v) is 2.47. The zero-order valence-electron chi connectivity index (χ0n) is 8.81. The highest BCUT2D eigenvalue weighted by molar-refractivity contribution is 6.33. The molecule has 0 aliphatic carbocycles. The Kier molecular flexibility index (Phi) is 2.96. The molecule has 84 valence electrons. The number of nitrogens with zero attached hydrogens (tertiary/aromatic N) is 3. The van der Waals surface area contributed by atoms with Crippen molar-refractivity contribution in [2.45, 2.75) is 6.54 Å². The minimum atomic E-state index is 0.519. The maximum Gasteiger partial charge on any atom is 0.169 e. The fourth-order valence-corrected chi connectivity index (χ4v) is 1.50. The van der Waals surface area contributed by atoms with Gasteiger partial charge in [0.15, 0.2) is 5.82 Å². The van der Waals surface area contributed by atoms with Crippen LogP contribution < -0.4 is 11.1 Å². The number of aryl methyl sites for hydroxylation is 1. The van der Waals surface area contributed by atoms with Crippen molar-refractivity contribution in [1.29, 1.82) is 0 Å². The summed E-state index contributed by atoms with van der Waals surface area (Å²) < 4.78 is 1.65. The number of halogens is 1. The van der Waals surface area contributed by atoms with Gasteiger partial charge in [-0.2, -0.15) is 5.10 Å². The van der Waals surface area contributed by atoms with Gasteiger partial charge in [0.25, 0.3) is 0 Å². The number of nitrogens with two attached hydrogens (primary N) is 1. The number of para-hydroxylation sites is 1. The number of hydrogen-bond donors (Lipinski definition) is 2. The summed E-state index contributed by atoms with van der Waals surface area (Å²) in [6, 6.07) is 5.46. The van der Waals surface area contributed by atoms with Crippen molar-refractivity contribution in [2.75, 3.05) is 11.1 Å². The van der Waals surface area contributed by atoms with E-state index in [4.69, 9.17) is 17.3 Å². The highest BCUT2D eigenvalue weighted by Gasteiger charge is 2.03. The van der Waals surface area contributed by atoms with Crippen LogP contribution in [0.5, 0.6) is 0 Å². The molecule has 1 aromatic carbocycles. The Balaban J connectivity index is 2.07. The molecule has 0 atom stereocenters. The number of benzene rings is 1. The van der Waals surface area contributed by atoms with Gasteiger partial charge in [-0.25, -0.2) is 4.98 Å². The number of hydrogen-bond acceptors (Lipinski definition) is 4. The van der Waals surface area contributed by atoms with E-state index in [-0.39, 0.29) is 0 Å². The van der Waals surface area contributed by atoms with Gasteiger partial charge in [-0.15, -0.1) is 0 Å². The van der Waals surface area contributed by atoms with Gasteiger partial charge < -0.3 is 11.1 Å². The molecular formula is C10H12ClN5. The average molecular weight is 238 g/mol. The van der Waals surface area contributed by atoms with Crippen LogP contribution in [-0.2, 0) is 13.6 Å². The number of rotatable bonds is 3. The summed E-state index contributed by atoms with van der Waals surface area (Å²) in [6.45, 7) is 0.519. The predicted octanol–water partition coefficient (Wildman–Crippen LogP) is 1.66. The molecule has 3 N–H and O–H groups in total. The topological polar surface area (TPSA) is 68.8 Å². The maximum atomic E-state index is 5.90. The van der Waals surface area contributed by atoms with Crippen LogP contribution in [0.1, 0.15) is 5.82 Å². The quantitative estimate of drug-likeness (QED) is 0.797. The zero-order chi connectivity index (χ0) is 11.5. The monoisotopic (exact) mass is 237 g/mol. The van der Waals surface area contributed by atoms with Gasteiger partial charge in [-0.05, 0) is 12.1 Å². The Morgan fingerprint density at radius 1 is 1.50 bits per heavy atom. The molecule has 0 aliphatic rings. The van der Waals surface area contributed by atoms with Crippen LogP contribution in [0.2, 0.25) is 5.02 Å². The molecule has 0 amide bonds. The van der Waals surface area contributed by atoms with Crippen LogP contribution in [0.4, 0.5) is 11.4 Å². The molecule has 0 bridgehead atoms.